The van der Waals surface area contributed by atoms with Crippen LogP contribution in [0.1, 0.15) is 10.5 Å². The van der Waals surface area contributed by atoms with E-state index in [4.69, 9.17) is 5.11 Å². The number of rotatable bonds is 2. The van der Waals surface area contributed by atoms with E-state index < -0.39 is 29.4 Å². The Morgan fingerprint density at radius 2 is 2.00 bits per heavy atom. The quantitative estimate of drug-likeness (QED) is 0.781. The van der Waals surface area contributed by atoms with Gasteiger partial charge in [0, 0.05) is 6.20 Å². The van der Waals surface area contributed by atoms with Crippen LogP contribution >= 0.6 is 15.9 Å². The number of aromatic carboxylic acids is 1. The van der Waals surface area contributed by atoms with Crippen LogP contribution in [0.15, 0.2) is 10.7 Å². The molecule has 0 aliphatic heterocycles. The first-order chi connectivity index (χ1) is 7.23. The maximum absolute atomic E-state index is 11.9. The van der Waals surface area contributed by atoms with Crippen molar-refractivity contribution in [1.29, 1.82) is 0 Å². The number of nitrogens with one attached hydrogen (secondary N) is 2. The lowest BCUT2D eigenvalue weighted by Crippen LogP contribution is -2.30. The zero-order valence-electron chi connectivity index (χ0n) is 7.35. The van der Waals surface area contributed by atoms with Crippen LogP contribution in [0.2, 0.25) is 0 Å². The van der Waals surface area contributed by atoms with Crippen molar-refractivity contribution < 1.29 is 27.9 Å². The van der Waals surface area contributed by atoms with E-state index in [1.165, 1.54) is 5.32 Å². The van der Waals surface area contributed by atoms with E-state index in [9.17, 15) is 22.8 Å². The summed E-state index contributed by atoms with van der Waals surface area (Å²) in [6.45, 7) is 0. The van der Waals surface area contributed by atoms with Crippen molar-refractivity contribution in [1.82, 2.24) is 4.98 Å². The molecule has 1 heterocycles. The van der Waals surface area contributed by atoms with E-state index in [-0.39, 0.29) is 4.47 Å². The van der Waals surface area contributed by atoms with Crippen molar-refractivity contribution in [3.63, 3.8) is 0 Å². The predicted molar refractivity (Wildman–Crippen MR) is 50.1 cm³/mol. The zero-order chi connectivity index (χ0) is 12.5. The molecule has 0 fully saturated rings. The first-order valence-corrected chi connectivity index (χ1v) is 4.51. The van der Waals surface area contributed by atoms with E-state index in [0.717, 1.165) is 6.20 Å². The molecule has 0 aromatic carbocycles. The molecule has 0 unspecified atom stereocenters. The van der Waals surface area contributed by atoms with E-state index in [2.05, 4.69) is 20.9 Å². The number of carbonyl (C=O) groups is 2. The molecular formula is C7H4BrF3N2O3. The molecule has 0 atom stereocenters. The number of hydrogen-bond acceptors (Lipinski definition) is 2. The summed E-state index contributed by atoms with van der Waals surface area (Å²) < 4.78 is 35.8. The average Bonchev–Trinajstić information content (AvgIpc) is 2.46. The fraction of sp³-hybridized carbons (Fsp3) is 0.143. The lowest BCUT2D eigenvalue weighted by molar-refractivity contribution is -0.167. The molecule has 0 spiro atoms. The Bertz CT molecular complexity index is 441. The highest BCUT2D eigenvalue weighted by atomic mass is 79.9. The molecule has 5 nitrogen and oxygen atoms in total. The van der Waals surface area contributed by atoms with Gasteiger partial charge in [0.1, 0.15) is 5.69 Å². The fourth-order valence-corrected chi connectivity index (χ4v) is 1.29. The summed E-state index contributed by atoms with van der Waals surface area (Å²) in [5.41, 5.74) is -1.00. The number of alkyl halides is 3. The number of hydrogen-bond donors (Lipinski definition) is 3. The van der Waals surface area contributed by atoms with Crippen LogP contribution in [0.4, 0.5) is 18.9 Å². The summed E-state index contributed by atoms with van der Waals surface area (Å²) >= 11 is 2.80. The molecule has 88 valence electrons. The summed E-state index contributed by atoms with van der Waals surface area (Å²) in [6.07, 6.45) is -3.97. The minimum Gasteiger partial charge on any atom is -0.477 e. The number of carbonyl (C=O) groups excluding carboxylic acids is 1. The van der Waals surface area contributed by atoms with Crippen LogP contribution in [-0.2, 0) is 4.79 Å². The molecule has 3 N–H and O–H groups in total. The Hall–Kier alpha value is -1.51. The van der Waals surface area contributed by atoms with Crippen LogP contribution in [0.5, 0.6) is 0 Å². The molecule has 1 aromatic heterocycles. The zero-order valence-corrected chi connectivity index (χ0v) is 8.94. The number of H-pyrrole nitrogens is 1. The first-order valence-electron chi connectivity index (χ1n) is 3.72. The number of halogens is 4. The molecule has 0 saturated carbocycles. The Kier molecular flexibility index (Phi) is 3.27. The van der Waals surface area contributed by atoms with Crippen LogP contribution < -0.4 is 5.32 Å². The standard InChI is InChI=1S/C7H4BrF3N2O3/c8-2-1-12-4(5(14)15)3(2)13-6(16)7(9,10)11/h1,12H,(H,13,16)(H,14,15). The molecule has 1 rings (SSSR count). The van der Waals surface area contributed by atoms with Crippen molar-refractivity contribution in [3.8, 4) is 0 Å². The molecular weight excluding hydrogens is 297 g/mol. The van der Waals surface area contributed by atoms with E-state index in [1.54, 1.807) is 0 Å². The Morgan fingerprint density at radius 1 is 1.44 bits per heavy atom. The molecule has 0 bridgehead atoms. The minimum atomic E-state index is -5.08. The van der Waals surface area contributed by atoms with E-state index >= 15 is 0 Å². The van der Waals surface area contributed by atoms with E-state index in [1.807, 2.05) is 0 Å². The maximum Gasteiger partial charge on any atom is 0.471 e. The minimum absolute atomic E-state index is 0.0162. The second-order valence-corrected chi connectivity index (χ2v) is 3.50. The topological polar surface area (TPSA) is 82.2 Å². The van der Waals surface area contributed by atoms with Gasteiger partial charge in [0.15, 0.2) is 0 Å². The van der Waals surface area contributed by atoms with Crippen molar-refractivity contribution in [3.05, 3.63) is 16.4 Å². The monoisotopic (exact) mass is 300 g/mol. The van der Waals surface area contributed by atoms with Gasteiger partial charge in [-0.05, 0) is 15.9 Å². The van der Waals surface area contributed by atoms with Crippen molar-refractivity contribution in [2.24, 2.45) is 0 Å². The number of anilines is 1. The summed E-state index contributed by atoms with van der Waals surface area (Å²) in [6, 6.07) is 0. The van der Waals surface area contributed by atoms with Gasteiger partial charge in [-0.2, -0.15) is 13.2 Å². The van der Waals surface area contributed by atoms with Gasteiger partial charge in [0.05, 0.1) is 10.2 Å². The Morgan fingerprint density at radius 3 is 2.44 bits per heavy atom. The first kappa shape index (κ1) is 12.6. The van der Waals surface area contributed by atoms with Gasteiger partial charge in [0.25, 0.3) is 0 Å². The number of aromatic nitrogens is 1. The van der Waals surface area contributed by atoms with Gasteiger partial charge in [-0.1, -0.05) is 0 Å². The van der Waals surface area contributed by atoms with Crippen molar-refractivity contribution >= 4 is 33.5 Å². The smallest absolute Gasteiger partial charge is 0.471 e. The summed E-state index contributed by atoms with van der Waals surface area (Å²) in [4.78, 5) is 23.4. The van der Waals surface area contributed by atoms with Gasteiger partial charge < -0.3 is 15.4 Å². The average molecular weight is 301 g/mol. The number of amides is 1. The summed E-state index contributed by atoms with van der Waals surface area (Å²) in [5.74, 6) is -3.72. The highest BCUT2D eigenvalue weighted by Gasteiger charge is 2.39. The van der Waals surface area contributed by atoms with Crippen molar-refractivity contribution in [2.45, 2.75) is 6.18 Å². The molecule has 0 aliphatic carbocycles. The maximum atomic E-state index is 11.9. The number of aromatic amines is 1. The normalized spacial score (nSPS) is 11.2. The lowest BCUT2D eigenvalue weighted by atomic mass is 10.3. The second-order valence-electron chi connectivity index (χ2n) is 2.64. The summed E-state index contributed by atoms with van der Waals surface area (Å²) in [7, 11) is 0. The number of carboxylic acid groups (broad SMARTS) is 1. The molecule has 0 radical (unpaired) electrons. The largest absolute Gasteiger partial charge is 0.477 e. The van der Waals surface area contributed by atoms with Crippen LogP contribution in [0.3, 0.4) is 0 Å². The van der Waals surface area contributed by atoms with Gasteiger partial charge in [0.2, 0.25) is 0 Å². The Balaban J connectivity index is 3.02. The van der Waals surface area contributed by atoms with Crippen LogP contribution in [0, 0.1) is 0 Å². The molecule has 0 aliphatic rings. The third kappa shape index (κ3) is 2.54. The van der Waals surface area contributed by atoms with Crippen molar-refractivity contribution in [2.75, 3.05) is 5.32 Å². The summed E-state index contributed by atoms with van der Waals surface area (Å²) in [5, 5.41) is 10.1. The third-order valence-electron chi connectivity index (χ3n) is 1.54. The highest BCUT2D eigenvalue weighted by molar-refractivity contribution is 9.10. The predicted octanol–water partition coefficient (Wildman–Crippen LogP) is 1.98. The van der Waals surface area contributed by atoms with Gasteiger partial charge in [-0.25, -0.2) is 4.79 Å². The molecule has 0 saturated heterocycles. The third-order valence-corrected chi connectivity index (χ3v) is 2.17. The van der Waals surface area contributed by atoms with Gasteiger partial charge in [-0.3, -0.25) is 4.79 Å². The fourth-order valence-electron chi connectivity index (χ4n) is 0.875. The molecule has 9 heteroatoms. The molecule has 1 amide bonds. The second kappa shape index (κ2) is 4.16. The van der Waals surface area contributed by atoms with E-state index in [0.29, 0.717) is 0 Å². The lowest BCUT2D eigenvalue weighted by Gasteiger charge is -2.07. The van der Waals surface area contributed by atoms with Gasteiger partial charge in [-0.15, -0.1) is 0 Å². The molecule has 1 aromatic rings. The van der Waals surface area contributed by atoms with Crippen LogP contribution in [-0.4, -0.2) is 28.1 Å². The van der Waals surface area contributed by atoms with Crippen LogP contribution in [0.25, 0.3) is 0 Å². The van der Waals surface area contributed by atoms with Gasteiger partial charge >= 0.3 is 18.1 Å². The molecule has 16 heavy (non-hydrogen) atoms. The Labute approximate surface area is 94.8 Å². The number of carboxylic acids is 1. The highest BCUT2D eigenvalue weighted by Crippen LogP contribution is 2.28. The SMILES string of the molecule is O=C(O)c1[nH]cc(Br)c1NC(=O)C(F)(F)F.